The van der Waals surface area contributed by atoms with Crippen LogP contribution in [0.15, 0.2) is 66.2 Å². The topological polar surface area (TPSA) is 64.3 Å². The monoisotopic (exact) mass is 576 g/mol. The molecular formula is C39H48N2O2. The Bertz CT molecular complexity index is 1450. The largest absolute Gasteiger partial charge is 0.477 e. The van der Waals surface area contributed by atoms with Gasteiger partial charge < -0.3 is 10.0 Å². The van der Waals surface area contributed by atoms with E-state index in [-0.39, 0.29) is 11.0 Å². The number of hydrogen-bond donors (Lipinski definition) is 1. The Labute approximate surface area is 259 Å². The maximum absolute atomic E-state index is 11.3. The van der Waals surface area contributed by atoms with Gasteiger partial charge in [0, 0.05) is 24.2 Å². The maximum Gasteiger partial charge on any atom is 0.346 e. The van der Waals surface area contributed by atoms with Crippen LogP contribution in [0.2, 0.25) is 0 Å². The summed E-state index contributed by atoms with van der Waals surface area (Å²) < 4.78 is 0. The number of rotatable bonds is 16. The van der Waals surface area contributed by atoms with E-state index in [9.17, 15) is 9.90 Å². The second-order valence-corrected chi connectivity index (χ2v) is 12.1. The molecule has 1 aliphatic rings. The molecule has 3 aromatic carbocycles. The van der Waals surface area contributed by atoms with Crippen molar-refractivity contribution in [2.24, 2.45) is 0 Å². The standard InChI is InChI=1S/C39H48N2O2/c1-5-9-21-39(22-10-6-2)36-26-31(30-15-13-29(14-16-30)25-32(28-40)38(42)43)17-19-34(36)35-20-18-33(27-37(35)39)41(23-11-7-3)24-12-8-4/h13-20,25-27H,5-12,21-24H2,1-4H3,(H,42,43)/b32-25-. The van der Waals surface area contributed by atoms with Crippen LogP contribution >= 0.6 is 0 Å². The fourth-order valence-electron chi connectivity index (χ4n) is 6.63. The number of anilines is 1. The summed E-state index contributed by atoms with van der Waals surface area (Å²) >= 11 is 0. The number of carbonyl (C=O) groups is 1. The highest BCUT2D eigenvalue weighted by molar-refractivity contribution is 5.96. The number of benzene rings is 3. The van der Waals surface area contributed by atoms with Gasteiger partial charge in [0.2, 0.25) is 0 Å². The van der Waals surface area contributed by atoms with E-state index >= 15 is 0 Å². The zero-order valence-electron chi connectivity index (χ0n) is 26.6. The minimum absolute atomic E-state index is 0.00421. The molecule has 0 amide bonds. The molecule has 4 rings (SSSR count). The fourth-order valence-corrected chi connectivity index (χ4v) is 6.63. The Balaban J connectivity index is 1.81. The van der Waals surface area contributed by atoms with Gasteiger partial charge in [-0.15, -0.1) is 0 Å². The van der Waals surface area contributed by atoms with Gasteiger partial charge in [0.15, 0.2) is 0 Å². The van der Waals surface area contributed by atoms with Crippen molar-refractivity contribution in [1.29, 1.82) is 5.26 Å². The van der Waals surface area contributed by atoms with Gasteiger partial charge in [-0.3, -0.25) is 0 Å². The van der Waals surface area contributed by atoms with Crippen molar-refractivity contribution in [1.82, 2.24) is 0 Å². The van der Waals surface area contributed by atoms with E-state index in [1.165, 1.54) is 90.9 Å². The Morgan fingerprint density at radius 1 is 0.767 bits per heavy atom. The highest BCUT2D eigenvalue weighted by Crippen LogP contribution is 2.55. The number of nitrogens with zero attached hydrogens (tertiary/aromatic N) is 2. The molecule has 4 nitrogen and oxygen atoms in total. The number of nitriles is 1. The Morgan fingerprint density at radius 2 is 1.30 bits per heavy atom. The smallest absolute Gasteiger partial charge is 0.346 e. The normalized spacial score (nSPS) is 13.3. The van der Waals surface area contributed by atoms with Crippen LogP contribution < -0.4 is 4.90 Å². The lowest BCUT2D eigenvalue weighted by Gasteiger charge is -2.34. The van der Waals surface area contributed by atoms with E-state index in [2.05, 4.69) is 69.0 Å². The highest BCUT2D eigenvalue weighted by atomic mass is 16.4. The van der Waals surface area contributed by atoms with Crippen molar-refractivity contribution >= 4 is 17.7 Å². The number of fused-ring (bicyclic) bond motifs is 3. The van der Waals surface area contributed by atoms with E-state index < -0.39 is 5.97 Å². The van der Waals surface area contributed by atoms with Crippen molar-refractivity contribution in [2.45, 2.75) is 97.3 Å². The highest BCUT2D eigenvalue weighted by Gasteiger charge is 2.42. The third-order valence-corrected chi connectivity index (χ3v) is 9.09. The first kappa shape index (κ1) is 32.1. The number of hydrogen-bond acceptors (Lipinski definition) is 3. The molecule has 0 saturated heterocycles. The first-order valence-electron chi connectivity index (χ1n) is 16.4. The second kappa shape index (κ2) is 15.1. The van der Waals surface area contributed by atoms with Crippen LogP contribution in [0.3, 0.4) is 0 Å². The van der Waals surface area contributed by atoms with Gasteiger partial charge in [0.1, 0.15) is 11.6 Å². The van der Waals surface area contributed by atoms with Crippen LogP contribution in [0.1, 0.15) is 109 Å². The van der Waals surface area contributed by atoms with Crippen LogP contribution in [0.25, 0.3) is 28.3 Å². The molecule has 226 valence electrons. The van der Waals surface area contributed by atoms with E-state index in [1.54, 1.807) is 6.07 Å². The maximum atomic E-state index is 11.3. The van der Waals surface area contributed by atoms with Gasteiger partial charge in [-0.25, -0.2) is 4.79 Å². The van der Waals surface area contributed by atoms with Crippen LogP contribution in [0.5, 0.6) is 0 Å². The van der Waals surface area contributed by atoms with Gasteiger partial charge in [-0.1, -0.05) is 109 Å². The Morgan fingerprint density at radius 3 is 1.84 bits per heavy atom. The quantitative estimate of drug-likeness (QED) is 0.136. The minimum atomic E-state index is -1.21. The average Bonchev–Trinajstić information content (AvgIpc) is 3.30. The van der Waals surface area contributed by atoms with Crippen LogP contribution in [0, 0.1) is 11.3 Å². The molecule has 0 saturated carbocycles. The molecule has 0 bridgehead atoms. The average molecular weight is 577 g/mol. The van der Waals surface area contributed by atoms with Gasteiger partial charge in [0.25, 0.3) is 0 Å². The lowest BCUT2D eigenvalue weighted by molar-refractivity contribution is -0.132. The molecule has 0 spiro atoms. The molecule has 3 aromatic rings. The third kappa shape index (κ3) is 7.04. The zero-order valence-corrected chi connectivity index (χ0v) is 26.6. The molecule has 0 radical (unpaired) electrons. The lowest BCUT2D eigenvalue weighted by atomic mass is 9.70. The summed E-state index contributed by atoms with van der Waals surface area (Å²) in [4.78, 5) is 13.9. The van der Waals surface area contributed by atoms with Gasteiger partial charge >= 0.3 is 5.97 Å². The number of unbranched alkanes of at least 4 members (excludes halogenated alkanes) is 4. The summed E-state index contributed by atoms with van der Waals surface area (Å²) in [5.41, 5.74) is 9.79. The number of aliphatic carboxylic acids is 1. The lowest BCUT2D eigenvalue weighted by Crippen LogP contribution is -2.28. The molecule has 0 heterocycles. The molecular weight excluding hydrogens is 528 g/mol. The van der Waals surface area contributed by atoms with E-state index in [0.717, 1.165) is 31.5 Å². The van der Waals surface area contributed by atoms with Crippen molar-refractivity contribution in [3.63, 3.8) is 0 Å². The number of carboxylic acid groups (broad SMARTS) is 1. The Kier molecular flexibility index (Phi) is 11.2. The molecule has 43 heavy (non-hydrogen) atoms. The molecule has 0 atom stereocenters. The van der Waals surface area contributed by atoms with Crippen molar-refractivity contribution < 1.29 is 9.90 Å². The Hall–Kier alpha value is -3.84. The van der Waals surface area contributed by atoms with Crippen molar-refractivity contribution in [3.05, 3.63) is 82.9 Å². The van der Waals surface area contributed by atoms with E-state index in [4.69, 9.17) is 5.26 Å². The van der Waals surface area contributed by atoms with Crippen LogP contribution in [-0.4, -0.2) is 24.2 Å². The molecule has 0 unspecified atom stereocenters. The summed E-state index contributed by atoms with van der Waals surface area (Å²) in [6.45, 7) is 11.4. The molecule has 4 heteroatoms. The summed E-state index contributed by atoms with van der Waals surface area (Å²) in [7, 11) is 0. The van der Waals surface area contributed by atoms with Gasteiger partial charge in [-0.05, 0) is 88.9 Å². The summed E-state index contributed by atoms with van der Waals surface area (Å²) in [5.74, 6) is -1.21. The van der Waals surface area contributed by atoms with Gasteiger partial charge in [-0.2, -0.15) is 5.26 Å². The molecule has 0 aliphatic heterocycles. The predicted octanol–water partition coefficient (Wildman–Crippen LogP) is 10.4. The summed E-state index contributed by atoms with van der Waals surface area (Å²) in [6.07, 6.45) is 13.3. The molecule has 1 aliphatic carbocycles. The molecule has 0 fully saturated rings. The number of carboxylic acids is 1. The third-order valence-electron chi connectivity index (χ3n) is 9.09. The molecule has 0 aromatic heterocycles. The second-order valence-electron chi connectivity index (χ2n) is 12.1. The minimum Gasteiger partial charge on any atom is -0.477 e. The zero-order chi connectivity index (χ0) is 30.8. The van der Waals surface area contributed by atoms with Crippen molar-refractivity contribution in [3.8, 4) is 28.3 Å². The van der Waals surface area contributed by atoms with E-state index in [0.29, 0.717) is 5.56 Å². The first-order chi connectivity index (χ1) is 20.9. The van der Waals surface area contributed by atoms with Gasteiger partial charge in [0.05, 0.1) is 0 Å². The van der Waals surface area contributed by atoms with Crippen LogP contribution in [-0.2, 0) is 10.2 Å². The fraction of sp³-hybridized carbons (Fsp3) is 0.436. The SMILES string of the molecule is CCCCN(CCCC)c1ccc2c(c1)C(CCCC)(CCCC)c1cc(-c3ccc(/C=C(/C#N)C(=O)O)cc3)ccc1-2. The van der Waals surface area contributed by atoms with E-state index in [1.807, 2.05) is 24.3 Å². The molecule has 1 N–H and O–H groups in total. The predicted molar refractivity (Wildman–Crippen MR) is 180 cm³/mol. The summed E-state index contributed by atoms with van der Waals surface area (Å²) in [5, 5.41) is 18.4. The van der Waals surface area contributed by atoms with Crippen LogP contribution in [0.4, 0.5) is 5.69 Å². The van der Waals surface area contributed by atoms with Crippen molar-refractivity contribution in [2.75, 3.05) is 18.0 Å². The first-order valence-corrected chi connectivity index (χ1v) is 16.4. The summed E-state index contributed by atoms with van der Waals surface area (Å²) in [6, 6.07) is 23.9.